The molecule has 0 bridgehead atoms. The minimum absolute atomic E-state index is 0.0840. The van der Waals surface area contributed by atoms with Crippen LogP contribution in [-0.4, -0.2) is 33.8 Å². The molecule has 0 unspecified atom stereocenters. The zero-order valence-electron chi connectivity index (χ0n) is 16.9. The maximum absolute atomic E-state index is 12.8. The molecule has 7 nitrogen and oxygen atoms in total. The van der Waals surface area contributed by atoms with Crippen molar-refractivity contribution in [2.45, 2.75) is 33.4 Å². The molecule has 0 aliphatic carbocycles. The van der Waals surface area contributed by atoms with Crippen molar-refractivity contribution in [3.05, 3.63) is 66.1 Å². The Kier molecular flexibility index (Phi) is 6.49. The minimum Gasteiger partial charge on any atom is -0.493 e. The van der Waals surface area contributed by atoms with Gasteiger partial charge in [0.05, 0.1) is 24.4 Å². The highest BCUT2D eigenvalue weighted by molar-refractivity contribution is 5.99. The molecule has 0 saturated heterocycles. The van der Waals surface area contributed by atoms with E-state index in [9.17, 15) is 9.59 Å². The van der Waals surface area contributed by atoms with Crippen LogP contribution in [0.15, 0.2) is 54.9 Å². The summed E-state index contributed by atoms with van der Waals surface area (Å²) in [6.07, 6.45) is 3.78. The minimum atomic E-state index is -0.672. The summed E-state index contributed by atoms with van der Waals surface area (Å²) < 4.78 is 7.42. The SMILES string of the molecule is CCOc1ccccc1C(=O)N[C@H](C(=O)NCc1cn2ccccc2n1)C(C)C. The van der Waals surface area contributed by atoms with Crippen molar-refractivity contribution < 1.29 is 14.3 Å². The summed E-state index contributed by atoms with van der Waals surface area (Å²) in [4.78, 5) is 30.0. The fourth-order valence-corrected chi connectivity index (χ4v) is 3.05. The van der Waals surface area contributed by atoms with Crippen LogP contribution in [0.3, 0.4) is 0 Å². The number of nitrogens with one attached hydrogen (secondary N) is 2. The number of carbonyl (C=O) groups is 2. The summed E-state index contributed by atoms with van der Waals surface area (Å²) >= 11 is 0. The summed E-state index contributed by atoms with van der Waals surface area (Å²) in [5.74, 6) is -0.172. The normalized spacial score (nSPS) is 12.0. The van der Waals surface area contributed by atoms with Crippen LogP contribution < -0.4 is 15.4 Å². The van der Waals surface area contributed by atoms with Gasteiger partial charge in [0, 0.05) is 12.4 Å². The Morgan fingerprint density at radius 2 is 1.90 bits per heavy atom. The van der Waals surface area contributed by atoms with Crippen LogP contribution in [0, 0.1) is 5.92 Å². The lowest BCUT2D eigenvalue weighted by atomic mass is 10.0. The Morgan fingerprint density at radius 1 is 1.14 bits per heavy atom. The molecule has 152 valence electrons. The summed E-state index contributed by atoms with van der Waals surface area (Å²) in [5, 5.41) is 5.71. The summed E-state index contributed by atoms with van der Waals surface area (Å²) in [5.41, 5.74) is 1.98. The van der Waals surface area contributed by atoms with E-state index in [1.807, 2.05) is 61.8 Å². The van der Waals surface area contributed by atoms with Crippen molar-refractivity contribution in [3.63, 3.8) is 0 Å². The van der Waals surface area contributed by atoms with Gasteiger partial charge in [-0.2, -0.15) is 0 Å². The maximum Gasteiger partial charge on any atom is 0.255 e. The van der Waals surface area contributed by atoms with E-state index in [1.54, 1.807) is 18.2 Å². The van der Waals surface area contributed by atoms with Gasteiger partial charge in [-0.15, -0.1) is 0 Å². The van der Waals surface area contributed by atoms with Crippen LogP contribution in [0.2, 0.25) is 0 Å². The first-order valence-corrected chi connectivity index (χ1v) is 9.72. The first kappa shape index (κ1) is 20.4. The van der Waals surface area contributed by atoms with Gasteiger partial charge in [-0.05, 0) is 37.1 Å². The van der Waals surface area contributed by atoms with E-state index in [0.717, 1.165) is 11.3 Å². The molecule has 1 aromatic carbocycles. The lowest BCUT2D eigenvalue weighted by Gasteiger charge is -2.22. The van der Waals surface area contributed by atoms with Crippen molar-refractivity contribution in [3.8, 4) is 5.75 Å². The molecule has 0 aliphatic rings. The quantitative estimate of drug-likeness (QED) is 0.615. The Hall–Kier alpha value is -3.35. The van der Waals surface area contributed by atoms with E-state index in [0.29, 0.717) is 17.9 Å². The number of imidazole rings is 1. The van der Waals surface area contributed by atoms with Crippen LogP contribution in [0.1, 0.15) is 36.8 Å². The summed E-state index contributed by atoms with van der Waals surface area (Å²) in [6.45, 7) is 6.39. The first-order valence-electron chi connectivity index (χ1n) is 9.72. The van der Waals surface area contributed by atoms with E-state index in [2.05, 4.69) is 15.6 Å². The molecule has 29 heavy (non-hydrogen) atoms. The molecule has 7 heteroatoms. The third-order valence-electron chi connectivity index (χ3n) is 4.52. The average Bonchev–Trinajstić information content (AvgIpc) is 3.13. The molecule has 0 saturated carbocycles. The molecule has 0 radical (unpaired) electrons. The Bertz CT molecular complexity index is 963. The van der Waals surface area contributed by atoms with Crippen LogP contribution in [0.5, 0.6) is 5.75 Å². The van der Waals surface area contributed by atoms with Crippen LogP contribution >= 0.6 is 0 Å². The molecule has 0 aliphatic heterocycles. The number of hydrogen-bond donors (Lipinski definition) is 2. The number of pyridine rings is 1. The van der Waals surface area contributed by atoms with Gasteiger partial charge in [0.25, 0.3) is 5.91 Å². The third kappa shape index (κ3) is 4.93. The predicted octanol–water partition coefficient (Wildman–Crippen LogP) is 2.80. The second-order valence-corrected chi connectivity index (χ2v) is 7.04. The number of ether oxygens (including phenoxy) is 1. The zero-order valence-corrected chi connectivity index (χ0v) is 16.9. The molecule has 0 spiro atoms. The highest BCUT2D eigenvalue weighted by Crippen LogP contribution is 2.18. The van der Waals surface area contributed by atoms with Gasteiger partial charge in [0.2, 0.25) is 5.91 Å². The third-order valence-corrected chi connectivity index (χ3v) is 4.52. The van der Waals surface area contributed by atoms with Gasteiger partial charge in [0.1, 0.15) is 17.4 Å². The standard InChI is InChI=1S/C22H26N4O3/c1-4-29-18-10-6-5-9-17(18)21(27)25-20(15(2)3)22(28)23-13-16-14-26-12-8-7-11-19(26)24-16/h5-12,14-15,20H,4,13H2,1-3H3,(H,23,28)(H,25,27)/t20-/m0/s1. The van der Waals surface area contributed by atoms with Crippen molar-refractivity contribution in [2.75, 3.05) is 6.61 Å². The van der Waals surface area contributed by atoms with Crippen molar-refractivity contribution in [2.24, 2.45) is 5.92 Å². The number of amides is 2. The molecule has 2 heterocycles. The fraction of sp³-hybridized carbons (Fsp3) is 0.318. The Balaban J connectivity index is 1.67. The first-order chi connectivity index (χ1) is 14.0. The van der Waals surface area contributed by atoms with Gasteiger partial charge >= 0.3 is 0 Å². The molecule has 2 N–H and O–H groups in total. The van der Waals surface area contributed by atoms with Crippen molar-refractivity contribution in [1.82, 2.24) is 20.0 Å². The number of hydrogen-bond acceptors (Lipinski definition) is 4. The number of rotatable bonds is 8. The van der Waals surface area contributed by atoms with E-state index in [-0.39, 0.29) is 24.3 Å². The lowest BCUT2D eigenvalue weighted by Crippen LogP contribution is -2.49. The van der Waals surface area contributed by atoms with Crippen LogP contribution in [-0.2, 0) is 11.3 Å². The molecule has 2 aromatic heterocycles. The molecule has 2 amide bonds. The number of carbonyl (C=O) groups excluding carboxylic acids is 2. The molecule has 0 fully saturated rings. The van der Waals surface area contributed by atoms with Crippen LogP contribution in [0.25, 0.3) is 5.65 Å². The second kappa shape index (κ2) is 9.23. The monoisotopic (exact) mass is 394 g/mol. The molecule has 3 aromatic rings. The number of benzene rings is 1. The predicted molar refractivity (Wildman–Crippen MR) is 111 cm³/mol. The van der Waals surface area contributed by atoms with Crippen LogP contribution in [0.4, 0.5) is 0 Å². The van der Waals surface area contributed by atoms with Gasteiger partial charge in [-0.3, -0.25) is 9.59 Å². The molecular formula is C22H26N4O3. The van der Waals surface area contributed by atoms with Crippen molar-refractivity contribution in [1.29, 1.82) is 0 Å². The molecule has 1 atom stereocenters. The van der Waals surface area contributed by atoms with Gasteiger partial charge in [0.15, 0.2) is 0 Å². The van der Waals surface area contributed by atoms with E-state index in [4.69, 9.17) is 4.74 Å². The smallest absolute Gasteiger partial charge is 0.255 e. The van der Waals surface area contributed by atoms with Gasteiger partial charge in [-0.1, -0.05) is 32.0 Å². The number of fused-ring (bicyclic) bond motifs is 1. The Morgan fingerprint density at radius 3 is 2.62 bits per heavy atom. The molecular weight excluding hydrogens is 368 g/mol. The zero-order chi connectivity index (χ0) is 20.8. The van der Waals surface area contributed by atoms with E-state index < -0.39 is 6.04 Å². The fourth-order valence-electron chi connectivity index (χ4n) is 3.05. The molecule has 3 rings (SSSR count). The van der Waals surface area contributed by atoms with E-state index >= 15 is 0 Å². The highest BCUT2D eigenvalue weighted by Gasteiger charge is 2.25. The maximum atomic E-state index is 12.8. The highest BCUT2D eigenvalue weighted by atomic mass is 16.5. The lowest BCUT2D eigenvalue weighted by molar-refractivity contribution is -0.124. The van der Waals surface area contributed by atoms with Crippen molar-refractivity contribution >= 4 is 17.5 Å². The van der Waals surface area contributed by atoms with Gasteiger partial charge in [-0.25, -0.2) is 4.98 Å². The number of aromatic nitrogens is 2. The number of para-hydroxylation sites is 1. The second-order valence-electron chi connectivity index (χ2n) is 7.04. The topological polar surface area (TPSA) is 84.7 Å². The summed E-state index contributed by atoms with van der Waals surface area (Å²) in [6, 6.07) is 12.1. The summed E-state index contributed by atoms with van der Waals surface area (Å²) in [7, 11) is 0. The number of nitrogens with zero attached hydrogens (tertiary/aromatic N) is 2. The average molecular weight is 394 g/mol. The largest absolute Gasteiger partial charge is 0.493 e. The van der Waals surface area contributed by atoms with Gasteiger partial charge < -0.3 is 19.8 Å². The van der Waals surface area contributed by atoms with E-state index in [1.165, 1.54) is 0 Å². The Labute approximate surface area is 170 Å².